The second-order valence-electron chi connectivity index (χ2n) is 2.38. The molecule has 1 aromatic heterocycles. The lowest BCUT2D eigenvalue weighted by molar-refractivity contribution is -0.120. The second-order valence-corrected chi connectivity index (χ2v) is 3.53. The Balaban J connectivity index is 2.52. The first-order valence-electron chi connectivity index (χ1n) is 3.71. The zero-order chi connectivity index (χ0) is 8.97. The van der Waals surface area contributed by atoms with E-state index in [4.69, 9.17) is 11.6 Å². The highest BCUT2D eigenvalue weighted by molar-refractivity contribution is 7.08. The van der Waals surface area contributed by atoms with E-state index in [1.807, 2.05) is 17.7 Å². The maximum absolute atomic E-state index is 11.1. The molecule has 0 bridgehead atoms. The zero-order valence-corrected chi connectivity index (χ0v) is 8.34. The maximum Gasteiger partial charge on any atom is 0.224 e. The average Bonchev–Trinajstić information content (AvgIpc) is 2.37. The molecule has 0 aliphatic carbocycles. The topological polar surface area (TPSA) is 29.1 Å². The largest absolute Gasteiger partial charge is 0.356 e. The van der Waals surface area contributed by atoms with Gasteiger partial charge in [-0.05, 0) is 17.9 Å². The molecule has 4 heteroatoms. The van der Waals surface area contributed by atoms with Gasteiger partial charge in [-0.25, -0.2) is 0 Å². The predicted molar refractivity (Wildman–Crippen MR) is 51.7 cm³/mol. The van der Waals surface area contributed by atoms with Gasteiger partial charge in [-0.1, -0.05) is 11.6 Å². The van der Waals surface area contributed by atoms with Crippen molar-refractivity contribution in [2.24, 2.45) is 0 Å². The number of halogens is 1. The first kappa shape index (κ1) is 9.55. The van der Waals surface area contributed by atoms with Gasteiger partial charge < -0.3 is 5.32 Å². The molecule has 1 rings (SSSR count). The fraction of sp³-hybridized carbons (Fsp3) is 0.375. The number of hydrogen-bond donors (Lipinski definition) is 1. The van der Waals surface area contributed by atoms with Crippen LogP contribution in [0.25, 0.3) is 0 Å². The molecule has 0 fully saturated rings. The van der Waals surface area contributed by atoms with Gasteiger partial charge in [0.05, 0.1) is 11.4 Å². The molecule has 2 nitrogen and oxygen atoms in total. The highest BCUT2D eigenvalue weighted by Gasteiger charge is 2.05. The maximum atomic E-state index is 11.1. The van der Waals surface area contributed by atoms with Crippen molar-refractivity contribution in [1.82, 2.24) is 5.32 Å². The molecule has 1 N–H and O–H groups in total. The molecule has 0 saturated carbocycles. The summed E-state index contributed by atoms with van der Waals surface area (Å²) in [7, 11) is 0. The van der Waals surface area contributed by atoms with Crippen molar-refractivity contribution in [2.75, 3.05) is 6.54 Å². The van der Waals surface area contributed by atoms with Gasteiger partial charge in [0.2, 0.25) is 5.91 Å². The number of carbonyl (C=O) groups excluding carboxylic acids is 1. The van der Waals surface area contributed by atoms with Crippen LogP contribution in [0.1, 0.15) is 12.5 Å². The summed E-state index contributed by atoms with van der Waals surface area (Å²) >= 11 is 7.33. The second kappa shape index (κ2) is 4.48. The first-order chi connectivity index (χ1) is 5.74. The van der Waals surface area contributed by atoms with Crippen molar-refractivity contribution in [3.05, 3.63) is 21.3 Å². The van der Waals surface area contributed by atoms with Gasteiger partial charge in [0.25, 0.3) is 0 Å². The summed E-state index contributed by atoms with van der Waals surface area (Å²) in [6.45, 7) is 2.56. The van der Waals surface area contributed by atoms with Gasteiger partial charge in [-0.15, -0.1) is 0 Å². The number of rotatable bonds is 3. The van der Waals surface area contributed by atoms with Crippen LogP contribution in [0.2, 0.25) is 5.02 Å². The van der Waals surface area contributed by atoms with Crippen molar-refractivity contribution >= 4 is 28.8 Å². The van der Waals surface area contributed by atoms with Crippen LogP contribution in [0.15, 0.2) is 10.8 Å². The van der Waals surface area contributed by atoms with Crippen LogP contribution in [-0.4, -0.2) is 12.5 Å². The highest BCUT2D eigenvalue weighted by Crippen LogP contribution is 2.20. The Kier molecular flexibility index (Phi) is 3.56. The average molecular weight is 204 g/mol. The van der Waals surface area contributed by atoms with Crippen LogP contribution in [-0.2, 0) is 11.2 Å². The monoisotopic (exact) mass is 203 g/mol. The lowest BCUT2D eigenvalue weighted by atomic mass is 10.2. The molecule has 1 aromatic rings. The fourth-order valence-corrected chi connectivity index (χ4v) is 1.92. The minimum absolute atomic E-state index is 0.0257. The van der Waals surface area contributed by atoms with Crippen LogP contribution in [0.4, 0.5) is 0 Å². The molecule has 0 saturated heterocycles. The van der Waals surface area contributed by atoms with Crippen molar-refractivity contribution in [3.8, 4) is 0 Å². The molecule has 12 heavy (non-hydrogen) atoms. The van der Waals surface area contributed by atoms with Gasteiger partial charge in [0, 0.05) is 11.9 Å². The Hall–Kier alpha value is -0.540. The number of nitrogens with one attached hydrogen (secondary N) is 1. The summed E-state index contributed by atoms with van der Waals surface area (Å²) in [5, 5.41) is 7.13. The van der Waals surface area contributed by atoms with E-state index < -0.39 is 0 Å². The van der Waals surface area contributed by atoms with Crippen molar-refractivity contribution in [2.45, 2.75) is 13.3 Å². The van der Waals surface area contributed by atoms with Crippen LogP contribution in [0.5, 0.6) is 0 Å². The first-order valence-corrected chi connectivity index (χ1v) is 5.03. The molecule has 66 valence electrons. The van der Waals surface area contributed by atoms with Gasteiger partial charge in [0.15, 0.2) is 0 Å². The lowest BCUT2D eigenvalue weighted by Gasteiger charge is -1.99. The Morgan fingerprint density at radius 1 is 1.67 bits per heavy atom. The zero-order valence-electron chi connectivity index (χ0n) is 6.76. The summed E-state index contributed by atoms with van der Waals surface area (Å²) in [6, 6.07) is 0. The standard InChI is InChI=1S/C8H10ClNOS/c1-2-10-8(11)3-6-4-12-5-7(6)9/h4-5H,2-3H2,1H3,(H,10,11). The van der Waals surface area contributed by atoms with Crippen molar-refractivity contribution < 1.29 is 4.79 Å². The Morgan fingerprint density at radius 3 is 2.92 bits per heavy atom. The number of carbonyl (C=O) groups is 1. The summed E-state index contributed by atoms with van der Waals surface area (Å²) in [4.78, 5) is 11.1. The van der Waals surface area contributed by atoms with Gasteiger partial charge in [0.1, 0.15) is 0 Å². The number of hydrogen-bond acceptors (Lipinski definition) is 2. The van der Waals surface area contributed by atoms with Crippen LogP contribution >= 0.6 is 22.9 Å². The molecule has 0 aliphatic rings. The van der Waals surface area contributed by atoms with Crippen molar-refractivity contribution in [1.29, 1.82) is 0 Å². The summed E-state index contributed by atoms with van der Waals surface area (Å²) in [6.07, 6.45) is 0.385. The minimum Gasteiger partial charge on any atom is -0.356 e. The molecule has 1 amide bonds. The molecular formula is C8H10ClNOS. The molecular weight excluding hydrogens is 194 g/mol. The van der Waals surface area contributed by atoms with Crippen LogP contribution in [0, 0.1) is 0 Å². The summed E-state index contributed by atoms with van der Waals surface area (Å²) in [5.41, 5.74) is 0.910. The molecule has 0 atom stereocenters. The fourth-order valence-electron chi connectivity index (χ4n) is 0.867. The lowest BCUT2D eigenvalue weighted by Crippen LogP contribution is -2.24. The van der Waals surface area contributed by atoms with E-state index in [1.165, 1.54) is 11.3 Å². The molecule has 1 heterocycles. The SMILES string of the molecule is CCNC(=O)Cc1cscc1Cl. The smallest absolute Gasteiger partial charge is 0.224 e. The van der Waals surface area contributed by atoms with Gasteiger partial charge in [-0.3, -0.25) is 4.79 Å². The van der Waals surface area contributed by atoms with E-state index >= 15 is 0 Å². The molecule has 0 unspecified atom stereocenters. The Morgan fingerprint density at radius 2 is 2.42 bits per heavy atom. The van der Waals surface area contributed by atoms with Crippen LogP contribution < -0.4 is 5.32 Å². The summed E-state index contributed by atoms with van der Waals surface area (Å²) < 4.78 is 0. The van der Waals surface area contributed by atoms with E-state index in [-0.39, 0.29) is 5.91 Å². The number of thiophene rings is 1. The predicted octanol–water partition coefficient (Wildman–Crippen LogP) is 2.08. The third kappa shape index (κ3) is 2.50. The van der Waals surface area contributed by atoms with E-state index in [9.17, 15) is 4.79 Å². The van der Waals surface area contributed by atoms with Gasteiger partial charge >= 0.3 is 0 Å². The van der Waals surface area contributed by atoms with Crippen molar-refractivity contribution in [3.63, 3.8) is 0 Å². The van der Waals surface area contributed by atoms with E-state index in [0.717, 1.165) is 5.56 Å². The molecule has 0 aliphatic heterocycles. The normalized spacial score (nSPS) is 9.83. The third-order valence-electron chi connectivity index (χ3n) is 1.41. The third-order valence-corrected chi connectivity index (χ3v) is 2.69. The summed E-state index contributed by atoms with van der Waals surface area (Å²) in [5.74, 6) is 0.0257. The number of amides is 1. The van der Waals surface area contributed by atoms with Gasteiger partial charge in [-0.2, -0.15) is 11.3 Å². The molecule has 0 radical (unpaired) electrons. The molecule has 0 spiro atoms. The Bertz CT molecular complexity index is 272. The van der Waals surface area contributed by atoms with Crippen LogP contribution in [0.3, 0.4) is 0 Å². The van der Waals surface area contributed by atoms with E-state index in [1.54, 1.807) is 0 Å². The van der Waals surface area contributed by atoms with E-state index in [0.29, 0.717) is 18.0 Å². The Labute approximate surface area is 80.5 Å². The molecule has 0 aromatic carbocycles. The number of likely N-dealkylation sites (N-methyl/N-ethyl adjacent to an activating group) is 1. The quantitative estimate of drug-likeness (QED) is 0.801. The highest BCUT2D eigenvalue weighted by atomic mass is 35.5. The minimum atomic E-state index is 0.0257. The van der Waals surface area contributed by atoms with E-state index in [2.05, 4.69) is 5.32 Å².